The van der Waals surface area contributed by atoms with E-state index in [9.17, 15) is 5.11 Å². The van der Waals surface area contributed by atoms with E-state index in [-0.39, 0.29) is 18.5 Å². The average molecular weight is 264 g/mol. The number of aryl methyl sites for hydroxylation is 1. The summed E-state index contributed by atoms with van der Waals surface area (Å²) in [5.41, 5.74) is 7.18. The monoisotopic (exact) mass is 264 g/mol. The Morgan fingerprint density at radius 1 is 1.53 bits per heavy atom. The van der Waals surface area contributed by atoms with Crippen LogP contribution in [-0.2, 0) is 0 Å². The second-order valence-electron chi connectivity index (χ2n) is 4.83. The van der Waals surface area contributed by atoms with Crippen molar-refractivity contribution in [1.29, 1.82) is 0 Å². The highest BCUT2D eigenvalue weighted by molar-refractivity contribution is 6.01. The molecule has 0 bridgehead atoms. The molecule has 2 rings (SSSR count). The highest BCUT2D eigenvalue weighted by Gasteiger charge is 2.25. The van der Waals surface area contributed by atoms with Crippen LogP contribution in [0.3, 0.4) is 0 Å². The van der Waals surface area contributed by atoms with Crippen LogP contribution in [0.5, 0.6) is 0 Å². The van der Waals surface area contributed by atoms with Gasteiger partial charge in [0.25, 0.3) is 0 Å². The first-order chi connectivity index (χ1) is 9.17. The zero-order valence-electron chi connectivity index (χ0n) is 11.1. The number of hydrogen-bond donors (Lipinski definition) is 3. The first kappa shape index (κ1) is 13.6. The first-order valence-corrected chi connectivity index (χ1v) is 6.50. The SMILES string of the molecule is Cc1ccc(C(N)=NO)c(N2CCCCC2CO)n1. The highest BCUT2D eigenvalue weighted by atomic mass is 16.4. The Bertz CT molecular complexity index is 476. The van der Waals surface area contributed by atoms with Gasteiger partial charge in [-0.25, -0.2) is 4.98 Å². The Balaban J connectivity index is 2.44. The van der Waals surface area contributed by atoms with Crippen molar-refractivity contribution < 1.29 is 10.3 Å². The number of aliphatic hydroxyl groups is 1. The molecule has 0 aromatic carbocycles. The summed E-state index contributed by atoms with van der Waals surface area (Å²) < 4.78 is 0. The van der Waals surface area contributed by atoms with Crippen molar-refractivity contribution in [2.45, 2.75) is 32.2 Å². The lowest BCUT2D eigenvalue weighted by atomic mass is 10.0. The number of aliphatic hydroxyl groups excluding tert-OH is 1. The topological polar surface area (TPSA) is 95.0 Å². The molecule has 1 fully saturated rings. The molecule has 0 amide bonds. The summed E-state index contributed by atoms with van der Waals surface area (Å²) in [7, 11) is 0. The van der Waals surface area contributed by atoms with Crippen LogP contribution in [0.2, 0.25) is 0 Å². The number of pyridine rings is 1. The van der Waals surface area contributed by atoms with Crippen LogP contribution in [0.25, 0.3) is 0 Å². The van der Waals surface area contributed by atoms with E-state index in [0.717, 1.165) is 31.5 Å². The molecule has 1 aliphatic rings. The summed E-state index contributed by atoms with van der Waals surface area (Å²) in [6, 6.07) is 3.68. The van der Waals surface area contributed by atoms with Gasteiger partial charge in [-0.05, 0) is 38.3 Å². The van der Waals surface area contributed by atoms with Crippen LogP contribution in [-0.4, -0.2) is 40.3 Å². The summed E-state index contributed by atoms with van der Waals surface area (Å²) in [6.07, 6.45) is 3.09. The highest BCUT2D eigenvalue weighted by Crippen LogP contribution is 2.26. The fourth-order valence-electron chi connectivity index (χ4n) is 2.48. The summed E-state index contributed by atoms with van der Waals surface area (Å²) in [5.74, 6) is 0.735. The second-order valence-corrected chi connectivity index (χ2v) is 4.83. The van der Waals surface area contributed by atoms with E-state index in [1.165, 1.54) is 0 Å². The van der Waals surface area contributed by atoms with Gasteiger partial charge in [0, 0.05) is 12.2 Å². The molecule has 6 heteroatoms. The molecule has 2 heterocycles. The molecule has 19 heavy (non-hydrogen) atoms. The van der Waals surface area contributed by atoms with E-state index < -0.39 is 0 Å². The minimum absolute atomic E-state index is 0.0461. The third-order valence-corrected chi connectivity index (χ3v) is 3.51. The van der Waals surface area contributed by atoms with Crippen molar-refractivity contribution in [3.63, 3.8) is 0 Å². The van der Waals surface area contributed by atoms with E-state index in [2.05, 4.69) is 15.0 Å². The van der Waals surface area contributed by atoms with E-state index in [1.54, 1.807) is 6.07 Å². The molecule has 0 radical (unpaired) electrons. The molecule has 6 nitrogen and oxygen atoms in total. The predicted molar refractivity (Wildman–Crippen MR) is 73.6 cm³/mol. The Morgan fingerprint density at radius 2 is 2.32 bits per heavy atom. The van der Waals surface area contributed by atoms with E-state index >= 15 is 0 Å². The van der Waals surface area contributed by atoms with Gasteiger partial charge < -0.3 is 20.9 Å². The first-order valence-electron chi connectivity index (χ1n) is 6.50. The van der Waals surface area contributed by atoms with Crippen molar-refractivity contribution in [3.8, 4) is 0 Å². The van der Waals surface area contributed by atoms with E-state index in [0.29, 0.717) is 11.4 Å². The Morgan fingerprint density at radius 3 is 3.00 bits per heavy atom. The summed E-state index contributed by atoms with van der Waals surface area (Å²) in [5, 5.41) is 21.4. The number of hydrogen-bond acceptors (Lipinski definition) is 5. The van der Waals surface area contributed by atoms with Gasteiger partial charge in [0.1, 0.15) is 5.82 Å². The lowest BCUT2D eigenvalue weighted by Crippen LogP contribution is -2.43. The molecule has 1 saturated heterocycles. The number of nitrogens with two attached hydrogens (primary N) is 1. The predicted octanol–water partition coefficient (Wildman–Crippen LogP) is 0.836. The molecule has 1 aromatic rings. The number of anilines is 1. The second kappa shape index (κ2) is 5.88. The molecule has 1 aliphatic heterocycles. The van der Waals surface area contributed by atoms with Gasteiger partial charge >= 0.3 is 0 Å². The number of amidine groups is 1. The van der Waals surface area contributed by atoms with Crippen LogP contribution in [0.1, 0.15) is 30.5 Å². The molecule has 4 N–H and O–H groups in total. The van der Waals surface area contributed by atoms with Gasteiger partial charge in [-0.1, -0.05) is 5.16 Å². The minimum Gasteiger partial charge on any atom is -0.409 e. The van der Waals surface area contributed by atoms with Crippen molar-refractivity contribution in [2.24, 2.45) is 10.9 Å². The molecule has 1 unspecified atom stereocenters. The van der Waals surface area contributed by atoms with Crippen molar-refractivity contribution >= 4 is 11.7 Å². The third-order valence-electron chi connectivity index (χ3n) is 3.51. The van der Waals surface area contributed by atoms with Crippen molar-refractivity contribution in [3.05, 3.63) is 23.4 Å². The lowest BCUT2D eigenvalue weighted by Gasteiger charge is -2.36. The maximum atomic E-state index is 9.50. The summed E-state index contributed by atoms with van der Waals surface area (Å²) in [4.78, 5) is 6.57. The standard InChI is InChI=1S/C13H20N4O2/c1-9-5-6-11(12(14)16-19)13(15-9)17-7-3-2-4-10(17)8-18/h5-6,10,18-19H,2-4,7-8H2,1H3,(H2,14,16). The Kier molecular flexibility index (Phi) is 4.21. The maximum absolute atomic E-state index is 9.50. The van der Waals surface area contributed by atoms with Crippen molar-refractivity contribution in [2.75, 3.05) is 18.1 Å². The van der Waals surface area contributed by atoms with Gasteiger partial charge in [0.2, 0.25) is 0 Å². The molecular formula is C13H20N4O2. The lowest BCUT2D eigenvalue weighted by molar-refractivity contribution is 0.239. The van der Waals surface area contributed by atoms with Gasteiger partial charge in [-0.15, -0.1) is 0 Å². The third kappa shape index (κ3) is 2.78. The van der Waals surface area contributed by atoms with E-state index in [4.69, 9.17) is 10.9 Å². The molecule has 1 aromatic heterocycles. The fraction of sp³-hybridized carbons (Fsp3) is 0.538. The number of nitrogens with zero attached hydrogens (tertiary/aromatic N) is 3. The van der Waals surface area contributed by atoms with Crippen LogP contribution in [0.15, 0.2) is 17.3 Å². The molecular weight excluding hydrogens is 244 g/mol. The number of piperidine rings is 1. The quantitative estimate of drug-likeness (QED) is 0.325. The fourth-order valence-corrected chi connectivity index (χ4v) is 2.48. The van der Waals surface area contributed by atoms with Crippen LogP contribution in [0, 0.1) is 6.92 Å². The minimum atomic E-state index is 0.0461. The van der Waals surface area contributed by atoms with Gasteiger partial charge in [0.15, 0.2) is 5.84 Å². The van der Waals surface area contributed by atoms with Crippen LogP contribution >= 0.6 is 0 Å². The zero-order valence-corrected chi connectivity index (χ0v) is 11.1. The Labute approximate surface area is 112 Å². The molecule has 0 spiro atoms. The number of aromatic nitrogens is 1. The van der Waals surface area contributed by atoms with Gasteiger partial charge in [-0.2, -0.15) is 0 Å². The number of rotatable bonds is 3. The van der Waals surface area contributed by atoms with E-state index in [1.807, 2.05) is 13.0 Å². The summed E-state index contributed by atoms with van der Waals surface area (Å²) in [6.45, 7) is 2.82. The molecule has 0 saturated carbocycles. The average Bonchev–Trinajstić information content (AvgIpc) is 2.46. The normalized spacial score (nSPS) is 20.6. The summed E-state index contributed by atoms with van der Waals surface area (Å²) >= 11 is 0. The smallest absolute Gasteiger partial charge is 0.173 e. The van der Waals surface area contributed by atoms with Crippen LogP contribution in [0.4, 0.5) is 5.82 Å². The van der Waals surface area contributed by atoms with Crippen molar-refractivity contribution in [1.82, 2.24) is 4.98 Å². The largest absolute Gasteiger partial charge is 0.409 e. The molecule has 1 atom stereocenters. The van der Waals surface area contributed by atoms with Gasteiger partial charge in [-0.3, -0.25) is 0 Å². The zero-order chi connectivity index (χ0) is 13.8. The maximum Gasteiger partial charge on any atom is 0.173 e. The van der Waals surface area contributed by atoms with Crippen LogP contribution < -0.4 is 10.6 Å². The number of oxime groups is 1. The Hall–Kier alpha value is -1.82. The molecule has 0 aliphatic carbocycles. The molecule has 104 valence electrons. The van der Waals surface area contributed by atoms with Gasteiger partial charge in [0.05, 0.1) is 18.2 Å².